The van der Waals surface area contributed by atoms with Gasteiger partial charge >= 0.3 is 12.1 Å². The second kappa shape index (κ2) is 20.1. The second-order valence-electron chi connectivity index (χ2n) is 20.4. The Kier molecular flexibility index (Phi) is 14.7. The van der Waals surface area contributed by atoms with E-state index < -0.39 is 62.2 Å². The molecule has 3 aromatic heterocycles. The molecular formula is C47H66N12O9S. The first-order valence-corrected chi connectivity index (χ1v) is 25.0. The number of aliphatic carboxylic acids is 1. The van der Waals surface area contributed by atoms with Crippen LogP contribution in [0, 0.1) is 19.8 Å². The number of rotatable bonds is 13. The van der Waals surface area contributed by atoms with Crippen molar-refractivity contribution in [2.75, 3.05) is 56.6 Å². The van der Waals surface area contributed by atoms with Crippen molar-refractivity contribution < 1.29 is 42.2 Å². The van der Waals surface area contributed by atoms with E-state index in [2.05, 4.69) is 45.7 Å². The van der Waals surface area contributed by atoms with Gasteiger partial charge < -0.3 is 44.8 Å². The van der Waals surface area contributed by atoms with Gasteiger partial charge in [-0.2, -0.15) is 5.10 Å². The van der Waals surface area contributed by atoms with Gasteiger partial charge in [-0.15, -0.1) is 0 Å². The van der Waals surface area contributed by atoms with E-state index in [9.17, 15) is 32.7 Å². The van der Waals surface area contributed by atoms with Crippen molar-refractivity contribution >= 4 is 62.1 Å². The first-order chi connectivity index (χ1) is 32.4. The maximum absolute atomic E-state index is 14.2. The molecule has 4 aromatic rings. The van der Waals surface area contributed by atoms with Gasteiger partial charge in [0.1, 0.15) is 52.0 Å². The summed E-state index contributed by atoms with van der Waals surface area (Å²) in [5.41, 5.74) is 1.72. The Bertz CT molecular complexity index is 2660. The Morgan fingerprint density at radius 2 is 1.68 bits per heavy atom. The number of aryl methyl sites for hydroxylation is 1. The molecule has 4 N–H and O–H groups in total. The van der Waals surface area contributed by atoms with E-state index in [4.69, 9.17) is 9.47 Å². The zero-order valence-electron chi connectivity index (χ0n) is 41.2. The molecule has 21 nitrogen and oxygen atoms in total. The first kappa shape index (κ1) is 50.7. The molecule has 4 atom stereocenters. The summed E-state index contributed by atoms with van der Waals surface area (Å²) in [6.07, 6.45) is 6.55. The predicted octanol–water partition coefficient (Wildman–Crippen LogP) is 4.87. The highest BCUT2D eigenvalue weighted by atomic mass is 32.2. The van der Waals surface area contributed by atoms with Crippen LogP contribution in [0.15, 0.2) is 35.7 Å². The number of amides is 3. The number of carboxylic acids is 1. The fourth-order valence-corrected chi connectivity index (χ4v) is 10.1. The Morgan fingerprint density at radius 3 is 2.30 bits per heavy atom. The number of H-pyrrole nitrogens is 1. The van der Waals surface area contributed by atoms with Crippen molar-refractivity contribution in [3.05, 3.63) is 47.8 Å². The second-order valence-corrected chi connectivity index (χ2v) is 23.0. The van der Waals surface area contributed by atoms with Crippen molar-refractivity contribution in [3.63, 3.8) is 0 Å². The third-order valence-corrected chi connectivity index (χ3v) is 15.8. The number of likely N-dealkylation sites (N-methyl/N-ethyl adjacent to an activating group) is 1. The van der Waals surface area contributed by atoms with E-state index in [-0.39, 0.29) is 54.5 Å². The summed E-state index contributed by atoms with van der Waals surface area (Å²) in [7, 11) is -2.27. The molecule has 3 saturated heterocycles. The first-order valence-electron chi connectivity index (χ1n) is 23.5. The smallest absolute Gasteiger partial charge is 0.410 e. The highest BCUT2D eigenvalue weighted by molar-refractivity contribution is 7.92. The molecule has 3 aliphatic heterocycles. The molecule has 3 aliphatic rings. The fourth-order valence-electron chi connectivity index (χ4n) is 8.75. The lowest BCUT2D eigenvalue weighted by atomic mass is 9.98. The molecule has 0 saturated carbocycles. The number of benzene rings is 1. The van der Waals surface area contributed by atoms with Crippen LogP contribution in [0.25, 0.3) is 10.9 Å². The van der Waals surface area contributed by atoms with Gasteiger partial charge in [0.25, 0.3) is 5.91 Å². The standard InChI is InChI=1S/C47H66N12O9S/c1-27(56(10)45(64)68-46(4,5)6)21-48-35-24-58(18-15-31-11-12-36(44(62)63)59(31)43(35)61)42(60)34-22-50-39(23-49-34)57-16-13-30(14-17-57)25-67-37-20-33-32(19-38(37)69(65,66)47(7,8)9)41(52-26-51-33)53-40-28(2)29(3)54-55-40/h19-20,22-23,26-27,30-31,35-36,48H,11-18,21,24-25H2,1-10H3,(H,62,63)(H2,51,52,53,54,55)/t27-,31+,35-,36-/m0/s1. The van der Waals surface area contributed by atoms with Crippen LogP contribution in [-0.4, -0.2) is 163 Å². The SMILES string of the molecule is Cc1[nH]nc(Nc2ncnc3cc(OCC4CCN(c5cnc(C(=O)N6CC[C@H]7CC[C@@H](C(=O)O)N7C(=O)[C@@H](NC[C@H](C)N(C)C(=O)OC(C)(C)C)C6)cn5)CC4)c(S(=O)(=O)C(C)(C)C)cc23)c1C. The molecular weight excluding hydrogens is 909 g/mol. The lowest BCUT2D eigenvalue weighted by Crippen LogP contribution is -2.60. The van der Waals surface area contributed by atoms with Gasteiger partial charge in [0.2, 0.25) is 5.91 Å². The summed E-state index contributed by atoms with van der Waals surface area (Å²) in [4.78, 5) is 77.9. The van der Waals surface area contributed by atoms with Crippen molar-refractivity contribution in [2.24, 2.45) is 5.92 Å². The number of hydrogen-bond acceptors (Lipinski definition) is 16. The molecule has 0 radical (unpaired) electrons. The number of piperidine rings is 1. The Hall–Kier alpha value is -6.16. The maximum atomic E-state index is 14.2. The lowest BCUT2D eigenvalue weighted by Gasteiger charge is -2.39. The molecule has 0 unspecified atom stereocenters. The Balaban J connectivity index is 1.00. The van der Waals surface area contributed by atoms with E-state index in [1.807, 2.05) is 13.8 Å². The van der Waals surface area contributed by atoms with Gasteiger partial charge in [-0.1, -0.05) is 0 Å². The minimum Gasteiger partial charge on any atom is -0.492 e. The van der Waals surface area contributed by atoms with Crippen LogP contribution in [0.4, 0.5) is 22.2 Å². The molecule has 22 heteroatoms. The molecule has 6 heterocycles. The highest BCUT2D eigenvalue weighted by Crippen LogP contribution is 2.38. The molecule has 3 amide bonds. The van der Waals surface area contributed by atoms with E-state index in [0.717, 1.165) is 24.1 Å². The van der Waals surface area contributed by atoms with Crippen LogP contribution in [-0.2, 0) is 24.2 Å². The van der Waals surface area contributed by atoms with Crippen LogP contribution >= 0.6 is 0 Å². The van der Waals surface area contributed by atoms with E-state index in [1.54, 1.807) is 78.7 Å². The number of aromatic nitrogens is 6. The number of nitrogens with zero attached hydrogens (tertiary/aromatic N) is 9. The number of nitrogens with one attached hydrogen (secondary N) is 3. The van der Waals surface area contributed by atoms with E-state index in [1.165, 1.54) is 22.3 Å². The minimum atomic E-state index is -3.88. The summed E-state index contributed by atoms with van der Waals surface area (Å²) < 4.78 is 38.9. The van der Waals surface area contributed by atoms with Gasteiger partial charge in [0.15, 0.2) is 15.7 Å². The molecule has 0 bridgehead atoms. The zero-order valence-corrected chi connectivity index (χ0v) is 42.0. The van der Waals surface area contributed by atoms with Crippen LogP contribution < -0.4 is 20.3 Å². The van der Waals surface area contributed by atoms with Crippen LogP contribution in [0.2, 0.25) is 0 Å². The molecule has 3 fully saturated rings. The van der Waals surface area contributed by atoms with Gasteiger partial charge in [0, 0.05) is 74.6 Å². The Labute approximate surface area is 403 Å². The van der Waals surface area contributed by atoms with Gasteiger partial charge in [-0.25, -0.2) is 37.9 Å². The van der Waals surface area contributed by atoms with E-state index >= 15 is 0 Å². The quantitative estimate of drug-likeness (QED) is 0.139. The van der Waals surface area contributed by atoms with E-state index in [0.29, 0.717) is 60.7 Å². The monoisotopic (exact) mass is 974 g/mol. The predicted molar refractivity (Wildman–Crippen MR) is 257 cm³/mol. The van der Waals surface area contributed by atoms with Gasteiger partial charge in [-0.05, 0) is 106 Å². The molecule has 1 aromatic carbocycles. The fraction of sp³-hybridized carbons (Fsp3) is 0.596. The van der Waals surface area contributed by atoms with Crippen molar-refractivity contribution in [2.45, 2.75) is 134 Å². The third kappa shape index (κ3) is 11.2. The number of fused-ring (bicyclic) bond motifs is 2. The van der Waals surface area contributed by atoms with Crippen LogP contribution in [0.1, 0.15) is 102 Å². The highest BCUT2D eigenvalue weighted by Gasteiger charge is 2.45. The number of anilines is 3. The lowest BCUT2D eigenvalue weighted by molar-refractivity contribution is -0.151. The summed E-state index contributed by atoms with van der Waals surface area (Å²) in [6, 6.07) is 0.554. The average molecular weight is 975 g/mol. The summed E-state index contributed by atoms with van der Waals surface area (Å²) >= 11 is 0. The number of carboxylic acid groups (broad SMARTS) is 1. The number of sulfone groups is 1. The molecule has 374 valence electrons. The minimum absolute atomic E-state index is 0.0464. The van der Waals surface area contributed by atoms with Crippen molar-refractivity contribution in [1.29, 1.82) is 0 Å². The number of aromatic amines is 1. The average Bonchev–Trinajstić information content (AvgIpc) is 3.87. The summed E-state index contributed by atoms with van der Waals surface area (Å²) in [5, 5.41) is 24.2. The van der Waals surface area contributed by atoms with Crippen LogP contribution in [0.5, 0.6) is 5.75 Å². The molecule has 0 aliphatic carbocycles. The van der Waals surface area contributed by atoms with Gasteiger partial charge in [0.05, 0.1) is 29.3 Å². The van der Waals surface area contributed by atoms with Gasteiger partial charge in [-0.3, -0.25) is 14.7 Å². The summed E-state index contributed by atoms with van der Waals surface area (Å²) in [5.74, 6) is 0.0212. The Morgan fingerprint density at radius 1 is 0.957 bits per heavy atom. The maximum Gasteiger partial charge on any atom is 0.410 e. The summed E-state index contributed by atoms with van der Waals surface area (Å²) in [6.45, 7) is 17.8. The number of hydrogen-bond donors (Lipinski definition) is 4. The number of ether oxygens (including phenoxy) is 2. The molecule has 7 rings (SSSR count). The molecule has 0 spiro atoms. The third-order valence-electron chi connectivity index (χ3n) is 13.3. The van der Waals surface area contributed by atoms with Crippen LogP contribution in [0.3, 0.4) is 0 Å². The zero-order chi connectivity index (χ0) is 50.2. The number of carbonyl (C=O) groups excluding carboxylic acids is 3. The molecule has 69 heavy (non-hydrogen) atoms. The number of carbonyl (C=O) groups is 4. The topological polar surface area (TPSA) is 258 Å². The largest absolute Gasteiger partial charge is 0.492 e. The normalized spacial score (nSPS) is 20.0. The van der Waals surface area contributed by atoms with Crippen molar-refractivity contribution in [1.82, 2.24) is 50.1 Å². The van der Waals surface area contributed by atoms with Crippen molar-refractivity contribution in [3.8, 4) is 5.75 Å².